The maximum atomic E-state index is 4.07. The molecule has 0 aliphatic heterocycles. The van der Waals surface area contributed by atoms with Gasteiger partial charge in [0.2, 0.25) is 0 Å². The minimum absolute atomic E-state index is 0.810. The number of benzene rings is 2. The quantitative estimate of drug-likeness (QED) is 0.492. The van der Waals surface area contributed by atoms with Crippen molar-refractivity contribution in [1.29, 1.82) is 0 Å². The third-order valence-corrected chi connectivity index (χ3v) is 3.26. The van der Waals surface area contributed by atoms with Crippen molar-refractivity contribution in [2.45, 2.75) is 0 Å². The van der Waals surface area contributed by atoms with Crippen LogP contribution >= 0.6 is 0 Å². The lowest BCUT2D eigenvalue weighted by atomic mass is 10.1. The second-order valence-electron chi connectivity index (χ2n) is 4.79. The van der Waals surface area contributed by atoms with Crippen molar-refractivity contribution in [3.63, 3.8) is 0 Å². The Labute approximate surface area is 130 Å². The summed E-state index contributed by atoms with van der Waals surface area (Å²) in [5, 5.41) is 1.09. The molecule has 4 rings (SSSR count). The van der Waals surface area contributed by atoms with Crippen LogP contribution in [0.4, 0.5) is 0 Å². The van der Waals surface area contributed by atoms with Crippen LogP contribution in [0.15, 0.2) is 97.3 Å². The van der Waals surface area contributed by atoms with E-state index < -0.39 is 0 Å². The summed E-state index contributed by atoms with van der Waals surface area (Å²) in [6, 6.07) is 28.6. The highest BCUT2D eigenvalue weighted by Crippen LogP contribution is 2.17. The molecule has 0 aliphatic carbocycles. The molecular formula is C20H16N2. The van der Waals surface area contributed by atoms with Gasteiger partial charge in [0, 0.05) is 17.8 Å². The Morgan fingerprint density at radius 3 is 1.32 bits per heavy atom. The minimum Gasteiger partial charge on any atom is -0.237 e. The Bertz CT molecular complexity index is 724. The van der Waals surface area contributed by atoms with Crippen molar-refractivity contribution in [3.8, 4) is 11.1 Å². The fourth-order valence-electron chi connectivity index (χ4n) is 2.17. The fourth-order valence-corrected chi connectivity index (χ4v) is 2.17. The van der Waals surface area contributed by atoms with Crippen molar-refractivity contribution in [1.82, 2.24) is 9.97 Å². The van der Waals surface area contributed by atoms with E-state index in [1.807, 2.05) is 36.4 Å². The van der Waals surface area contributed by atoms with E-state index in [0.29, 0.717) is 0 Å². The minimum atomic E-state index is 0.810. The molecule has 0 spiro atoms. The fraction of sp³-hybridized carbons (Fsp3) is 0. The number of fused-ring (bicyclic) bond motifs is 1. The molecule has 0 aliphatic rings. The summed E-state index contributed by atoms with van der Waals surface area (Å²) in [4.78, 5) is 8.14. The lowest BCUT2D eigenvalue weighted by Crippen LogP contribution is -1.78. The van der Waals surface area contributed by atoms with Gasteiger partial charge >= 0.3 is 0 Å². The normalized spacial score (nSPS) is 9.82. The molecular weight excluding hydrogens is 268 g/mol. The lowest BCUT2D eigenvalue weighted by molar-refractivity contribution is 1.29. The average molecular weight is 284 g/mol. The van der Waals surface area contributed by atoms with E-state index >= 15 is 0 Å². The van der Waals surface area contributed by atoms with Crippen molar-refractivity contribution >= 4 is 11.0 Å². The van der Waals surface area contributed by atoms with Crippen LogP contribution in [0.3, 0.4) is 0 Å². The predicted molar refractivity (Wildman–Crippen MR) is 91.4 cm³/mol. The summed E-state index contributed by atoms with van der Waals surface area (Å²) in [5.41, 5.74) is 3.36. The van der Waals surface area contributed by atoms with Crippen LogP contribution in [-0.2, 0) is 0 Å². The van der Waals surface area contributed by atoms with Crippen LogP contribution in [0.1, 0.15) is 0 Å². The molecule has 0 N–H and O–H groups in total. The molecule has 0 amide bonds. The van der Waals surface area contributed by atoms with Gasteiger partial charge in [-0.2, -0.15) is 0 Å². The molecule has 4 aromatic rings. The molecule has 0 fully saturated rings. The Kier molecular flexibility index (Phi) is 4.53. The van der Waals surface area contributed by atoms with Gasteiger partial charge in [0.25, 0.3) is 0 Å². The van der Waals surface area contributed by atoms with Gasteiger partial charge in [-0.05, 0) is 35.4 Å². The van der Waals surface area contributed by atoms with E-state index in [9.17, 15) is 0 Å². The second-order valence-corrected chi connectivity index (χ2v) is 4.79. The zero-order chi connectivity index (χ0) is 15.0. The van der Waals surface area contributed by atoms with Gasteiger partial charge in [0.1, 0.15) is 0 Å². The molecule has 0 saturated carbocycles. The Morgan fingerprint density at radius 1 is 0.455 bits per heavy atom. The van der Waals surface area contributed by atoms with Gasteiger partial charge < -0.3 is 0 Å². The topological polar surface area (TPSA) is 25.8 Å². The largest absolute Gasteiger partial charge is 0.237 e. The maximum absolute atomic E-state index is 4.07. The molecule has 2 heteroatoms. The SMILES string of the molecule is c1ccc(-c2ccccc2)cc1.c1cnc2ncccc2c1. The third kappa shape index (κ3) is 3.55. The van der Waals surface area contributed by atoms with Crippen molar-refractivity contribution in [2.24, 2.45) is 0 Å². The maximum Gasteiger partial charge on any atom is 0.159 e. The lowest BCUT2D eigenvalue weighted by Gasteiger charge is -1.98. The molecule has 22 heavy (non-hydrogen) atoms. The van der Waals surface area contributed by atoms with Crippen LogP contribution in [-0.4, -0.2) is 9.97 Å². The predicted octanol–water partition coefficient (Wildman–Crippen LogP) is 4.98. The van der Waals surface area contributed by atoms with Crippen LogP contribution in [0.25, 0.3) is 22.2 Å². The number of rotatable bonds is 1. The standard InChI is InChI=1S/C12H10.C8H6N2/c1-3-7-11(8-4-1)12-9-5-2-6-10-12;1-3-7-4-2-6-10-8(7)9-5-1/h1-10H;1-6H. The van der Waals surface area contributed by atoms with Gasteiger partial charge in [-0.1, -0.05) is 60.7 Å². The monoisotopic (exact) mass is 284 g/mol. The summed E-state index contributed by atoms with van der Waals surface area (Å²) < 4.78 is 0. The first-order valence-corrected chi connectivity index (χ1v) is 7.20. The molecule has 106 valence electrons. The molecule has 0 radical (unpaired) electrons. The van der Waals surface area contributed by atoms with Crippen molar-refractivity contribution in [3.05, 3.63) is 97.3 Å². The van der Waals surface area contributed by atoms with Crippen LogP contribution < -0.4 is 0 Å². The van der Waals surface area contributed by atoms with Gasteiger partial charge in [0.05, 0.1) is 0 Å². The van der Waals surface area contributed by atoms with E-state index in [0.717, 1.165) is 11.0 Å². The Balaban J connectivity index is 0.000000133. The molecule has 2 aromatic carbocycles. The highest BCUT2D eigenvalue weighted by Gasteiger charge is 1.91. The summed E-state index contributed by atoms with van der Waals surface area (Å²) in [7, 11) is 0. The molecule has 0 saturated heterocycles. The summed E-state index contributed by atoms with van der Waals surface area (Å²) in [6.07, 6.45) is 3.49. The first-order valence-electron chi connectivity index (χ1n) is 7.20. The molecule has 2 nitrogen and oxygen atoms in total. The van der Waals surface area contributed by atoms with Crippen molar-refractivity contribution < 1.29 is 0 Å². The molecule has 0 bridgehead atoms. The first-order chi connectivity index (χ1) is 10.9. The highest BCUT2D eigenvalue weighted by atomic mass is 14.8. The van der Waals surface area contributed by atoms with Gasteiger partial charge in [-0.25, -0.2) is 9.97 Å². The Hall–Kier alpha value is -3.00. The smallest absolute Gasteiger partial charge is 0.159 e. The van der Waals surface area contributed by atoms with Crippen molar-refractivity contribution in [2.75, 3.05) is 0 Å². The van der Waals surface area contributed by atoms with Crippen LogP contribution in [0.5, 0.6) is 0 Å². The third-order valence-electron chi connectivity index (χ3n) is 3.26. The number of nitrogens with zero attached hydrogens (tertiary/aromatic N) is 2. The number of aromatic nitrogens is 2. The second kappa shape index (κ2) is 7.14. The summed E-state index contributed by atoms with van der Waals surface area (Å²) in [5.74, 6) is 0. The summed E-state index contributed by atoms with van der Waals surface area (Å²) >= 11 is 0. The van der Waals surface area contributed by atoms with E-state index in [1.54, 1.807) is 12.4 Å². The van der Waals surface area contributed by atoms with Gasteiger partial charge in [0.15, 0.2) is 5.65 Å². The van der Waals surface area contributed by atoms with Crippen LogP contribution in [0, 0.1) is 0 Å². The van der Waals surface area contributed by atoms with Gasteiger partial charge in [-0.15, -0.1) is 0 Å². The highest BCUT2D eigenvalue weighted by molar-refractivity contribution is 5.73. The zero-order valence-corrected chi connectivity index (χ0v) is 12.1. The first kappa shape index (κ1) is 14.0. The Morgan fingerprint density at radius 2 is 0.909 bits per heavy atom. The molecule has 2 aromatic heterocycles. The summed E-state index contributed by atoms with van der Waals surface area (Å²) in [6.45, 7) is 0. The zero-order valence-electron chi connectivity index (χ0n) is 12.1. The van der Waals surface area contributed by atoms with Gasteiger partial charge in [-0.3, -0.25) is 0 Å². The van der Waals surface area contributed by atoms with Crippen LogP contribution in [0.2, 0.25) is 0 Å². The number of hydrogen-bond acceptors (Lipinski definition) is 2. The van der Waals surface area contributed by atoms with E-state index in [2.05, 4.69) is 58.5 Å². The van der Waals surface area contributed by atoms with E-state index in [1.165, 1.54) is 11.1 Å². The number of pyridine rings is 2. The molecule has 2 heterocycles. The number of hydrogen-bond donors (Lipinski definition) is 0. The molecule has 0 atom stereocenters. The van der Waals surface area contributed by atoms with E-state index in [4.69, 9.17) is 0 Å². The molecule has 0 unspecified atom stereocenters. The van der Waals surface area contributed by atoms with E-state index in [-0.39, 0.29) is 0 Å². The average Bonchev–Trinajstić information content (AvgIpc) is 2.64.